The molecule has 16 heavy (non-hydrogen) atoms. The molecule has 0 unspecified atom stereocenters. The normalized spacial score (nSPS) is 11.5. The second-order valence-corrected chi connectivity index (χ2v) is 4.68. The molecule has 1 aromatic rings. The lowest BCUT2D eigenvalue weighted by Crippen LogP contribution is -2.31. The Hall–Kier alpha value is -1.36. The van der Waals surface area contributed by atoms with Gasteiger partial charge in [0.05, 0.1) is 6.54 Å². The maximum atomic E-state index is 11.3. The number of carbonyl (C=O) groups is 1. The SMILES string of the molecule is Cc1ncc(CNCC(=O)OC(C)(C)C)[nH]1. The Kier molecular flexibility index (Phi) is 4.06. The van der Waals surface area contributed by atoms with E-state index in [9.17, 15) is 4.79 Å². The minimum absolute atomic E-state index is 0.204. The van der Waals surface area contributed by atoms with Crippen LogP contribution < -0.4 is 5.32 Å². The van der Waals surface area contributed by atoms with E-state index in [4.69, 9.17) is 4.74 Å². The number of ether oxygens (including phenoxy) is 1. The second kappa shape index (κ2) is 5.12. The van der Waals surface area contributed by atoms with Gasteiger partial charge >= 0.3 is 5.97 Å². The molecule has 0 bridgehead atoms. The van der Waals surface area contributed by atoms with Crippen LogP contribution in [0.3, 0.4) is 0 Å². The molecule has 2 N–H and O–H groups in total. The predicted octanol–water partition coefficient (Wildman–Crippen LogP) is 1.15. The van der Waals surface area contributed by atoms with Gasteiger partial charge in [-0.2, -0.15) is 0 Å². The average Bonchev–Trinajstić information content (AvgIpc) is 2.48. The van der Waals surface area contributed by atoms with Crippen molar-refractivity contribution in [2.75, 3.05) is 6.54 Å². The largest absolute Gasteiger partial charge is 0.459 e. The summed E-state index contributed by atoms with van der Waals surface area (Å²) in [5.74, 6) is 0.623. The van der Waals surface area contributed by atoms with E-state index in [-0.39, 0.29) is 12.5 Å². The van der Waals surface area contributed by atoms with Crippen molar-refractivity contribution >= 4 is 5.97 Å². The van der Waals surface area contributed by atoms with Gasteiger partial charge in [0.15, 0.2) is 0 Å². The molecule has 0 spiro atoms. The van der Waals surface area contributed by atoms with Crippen LogP contribution in [0.5, 0.6) is 0 Å². The molecule has 5 nitrogen and oxygen atoms in total. The molecular formula is C11H19N3O2. The molecule has 1 rings (SSSR count). The number of esters is 1. The summed E-state index contributed by atoms with van der Waals surface area (Å²) in [7, 11) is 0. The summed E-state index contributed by atoms with van der Waals surface area (Å²) in [6.45, 7) is 8.22. The molecule has 0 aliphatic heterocycles. The van der Waals surface area contributed by atoms with E-state index in [1.807, 2.05) is 27.7 Å². The molecular weight excluding hydrogens is 206 g/mol. The summed E-state index contributed by atoms with van der Waals surface area (Å²) in [5, 5.41) is 2.99. The minimum atomic E-state index is -0.427. The van der Waals surface area contributed by atoms with Gasteiger partial charge < -0.3 is 15.0 Å². The first kappa shape index (κ1) is 12.7. The van der Waals surface area contributed by atoms with Crippen LogP contribution in [0.1, 0.15) is 32.3 Å². The molecule has 0 saturated heterocycles. The number of imidazole rings is 1. The van der Waals surface area contributed by atoms with Crippen molar-refractivity contribution in [3.05, 3.63) is 17.7 Å². The van der Waals surface area contributed by atoms with Crippen LogP contribution in [0.25, 0.3) is 0 Å². The smallest absolute Gasteiger partial charge is 0.320 e. The molecule has 0 fully saturated rings. The zero-order valence-corrected chi connectivity index (χ0v) is 10.3. The van der Waals surface area contributed by atoms with Crippen LogP contribution in [0, 0.1) is 6.92 Å². The molecule has 0 aromatic carbocycles. The lowest BCUT2D eigenvalue weighted by molar-refractivity contribution is -0.153. The molecule has 90 valence electrons. The van der Waals surface area contributed by atoms with Crippen molar-refractivity contribution < 1.29 is 9.53 Å². The number of aryl methyl sites for hydroxylation is 1. The quantitative estimate of drug-likeness (QED) is 0.754. The monoisotopic (exact) mass is 225 g/mol. The van der Waals surface area contributed by atoms with Crippen molar-refractivity contribution in [2.24, 2.45) is 0 Å². The van der Waals surface area contributed by atoms with Crippen molar-refractivity contribution in [3.8, 4) is 0 Å². The third kappa shape index (κ3) is 4.93. The molecule has 0 aliphatic carbocycles. The summed E-state index contributed by atoms with van der Waals surface area (Å²) < 4.78 is 5.15. The first-order chi connectivity index (χ1) is 7.37. The lowest BCUT2D eigenvalue weighted by Gasteiger charge is -2.19. The van der Waals surface area contributed by atoms with E-state index in [0.717, 1.165) is 11.5 Å². The number of nitrogens with zero attached hydrogens (tertiary/aromatic N) is 1. The van der Waals surface area contributed by atoms with Crippen molar-refractivity contribution in [3.63, 3.8) is 0 Å². The maximum Gasteiger partial charge on any atom is 0.320 e. The van der Waals surface area contributed by atoms with Crippen LogP contribution in [0.4, 0.5) is 0 Å². The van der Waals surface area contributed by atoms with E-state index in [2.05, 4.69) is 15.3 Å². The number of nitrogens with one attached hydrogen (secondary N) is 2. The van der Waals surface area contributed by atoms with Gasteiger partial charge in [0.2, 0.25) is 0 Å². The summed E-state index contributed by atoms with van der Waals surface area (Å²) in [6.07, 6.45) is 1.75. The number of aromatic amines is 1. The topological polar surface area (TPSA) is 67.0 Å². The summed E-state index contributed by atoms with van der Waals surface area (Å²) in [6, 6.07) is 0. The first-order valence-corrected chi connectivity index (χ1v) is 5.30. The van der Waals surface area contributed by atoms with E-state index in [1.54, 1.807) is 6.20 Å². The van der Waals surface area contributed by atoms with Crippen molar-refractivity contribution in [1.29, 1.82) is 0 Å². The van der Waals surface area contributed by atoms with Crippen molar-refractivity contribution in [1.82, 2.24) is 15.3 Å². The average molecular weight is 225 g/mol. The molecule has 5 heteroatoms. The van der Waals surface area contributed by atoms with Gasteiger partial charge in [0.25, 0.3) is 0 Å². The maximum absolute atomic E-state index is 11.3. The number of rotatable bonds is 4. The minimum Gasteiger partial charge on any atom is -0.459 e. The van der Waals surface area contributed by atoms with Crippen molar-refractivity contribution in [2.45, 2.75) is 39.8 Å². The fraction of sp³-hybridized carbons (Fsp3) is 0.636. The van der Waals surface area contributed by atoms with E-state index in [1.165, 1.54) is 0 Å². The summed E-state index contributed by atoms with van der Waals surface area (Å²) >= 11 is 0. The molecule has 0 saturated carbocycles. The van der Waals surface area contributed by atoms with E-state index in [0.29, 0.717) is 6.54 Å². The first-order valence-electron chi connectivity index (χ1n) is 5.30. The highest BCUT2D eigenvalue weighted by molar-refractivity contribution is 5.72. The fourth-order valence-electron chi connectivity index (χ4n) is 1.24. The van der Waals surface area contributed by atoms with Crippen LogP contribution in [-0.4, -0.2) is 28.1 Å². The number of H-pyrrole nitrogens is 1. The van der Waals surface area contributed by atoms with Gasteiger partial charge in [-0.3, -0.25) is 4.79 Å². The molecule has 0 atom stereocenters. The number of aromatic nitrogens is 2. The highest BCUT2D eigenvalue weighted by Crippen LogP contribution is 2.06. The molecule has 0 amide bonds. The van der Waals surface area contributed by atoms with E-state index < -0.39 is 5.60 Å². The molecule has 1 aromatic heterocycles. The van der Waals surface area contributed by atoms with Gasteiger partial charge in [-0.1, -0.05) is 0 Å². The van der Waals surface area contributed by atoms with Gasteiger partial charge in [0, 0.05) is 18.4 Å². The van der Waals surface area contributed by atoms with Crippen LogP contribution in [0.2, 0.25) is 0 Å². The Morgan fingerprint density at radius 2 is 2.25 bits per heavy atom. The standard InChI is InChI=1S/C11H19N3O2/c1-8-13-6-9(14-8)5-12-7-10(15)16-11(2,3)4/h6,12H,5,7H2,1-4H3,(H,13,14). The zero-order valence-electron chi connectivity index (χ0n) is 10.3. The number of hydrogen-bond acceptors (Lipinski definition) is 4. The summed E-state index contributed by atoms with van der Waals surface area (Å²) in [5.41, 5.74) is 0.532. The van der Waals surface area contributed by atoms with Crippen LogP contribution >= 0.6 is 0 Å². The van der Waals surface area contributed by atoms with Crippen LogP contribution in [-0.2, 0) is 16.1 Å². The van der Waals surface area contributed by atoms with E-state index >= 15 is 0 Å². The zero-order chi connectivity index (χ0) is 12.2. The highest BCUT2D eigenvalue weighted by atomic mass is 16.6. The predicted molar refractivity (Wildman–Crippen MR) is 60.9 cm³/mol. The third-order valence-corrected chi connectivity index (χ3v) is 1.76. The number of hydrogen-bond donors (Lipinski definition) is 2. The van der Waals surface area contributed by atoms with Gasteiger partial charge in [-0.05, 0) is 27.7 Å². The Bertz CT molecular complexity index is 352. The number of carbonyl (C=O) groups excluding carboxylic acids is 1. The second-order valence-electron chi connectivity index (χ2n) is 4.68. The van der Waals surface area contributed by atoms with Gasteiger partial charge in [-0.25, -0.2) is 4.98 Å². The van der Waals surface area contributed by atoms with Gasteiger partial charge in [0.1, 0.15) is 11.4 Å². The lowest BCUT2D eigenvalue weighted by atomic mass is 10.2. The Balaban J connectivity index is 2.23. The summed E-state index contributed by atoms with van der Waals surface area (Å²) in [4.78, 5) is 18.5. The Morgan fingerprint density at radius 3 is 2.75 bits per heavy atom. The molecule has 0 radical (unpaired) electrons. The van der Waals surface area contributed by atoms with Crippen LogP contribution in [0.15, 0.2) is 6.20 Å². The highest BCUT2D eigenvalue weighted by Gasteiger charge is 2.15. The third-order valence-electron chi connectivity index (χ3n) is 1.76. The molecule has 1 heterocycles. The fourth-order valence-corrected chi connectivity index (χ4v) is 1.24. The molecule has 0 aliphatic rings. The van der Waals surface area contributed by atoms with Gasteiger partial charge in [-0.15, -0.1) is 0 Å². The Labute approximate surface area is 95.6 Å². The Morgan fingerprint density at radius 1 is 1.56 bits per heavy atom.